The highest BCUT2D eigenvalue weighted by Crippen LogP contribution is 2.27. The fraction of sp³-hybridized carbons (Fsp3) is 0.100. The van der Waals surface area contributed by atoms with Crippen molar-refractivity contribution in [3.05, 3.63) is 88.8 Å². The van der Waals surface area contributed by atoms with Crippen molar-refractivity contribution in [1.29, 1.82) is 0 Å². The Hall–Kier alpha value is -3.25. The number of carboxylic acid groups (broad SMARTS) is 1. The van der Waals surface area contributed by atoms with E-state index in [-0.39, 0.29) is 24.4 Å². The van der Waals surface area contributed by atoms with Crippen LogP contribution in [0.3, 0.4) is 0 Å². The number of anilines is 1. The molecule has 2 aromatic carbocycles. The minimum Gasteiger partial charge on any atom is -0.478 e. The Bertz CT molecular complexity index is 925. The molecule has 0 aliphatic rings. The van der Waals surface area contributed by atoms with E-state index < -0.39 is 12.1 Å². The standard InChI is InChI=1S/C20H16ClNO5/c21-15-8-9-17(19(23)24)18(11-15)22(12-16-7-4-10-26-16)20(25)27-13-14-5-2-1-3-6-14/h1-11H,12-13H2,(H,23,24). The summed E-state index contributed by atoms with van der Waals surface area (Å²) in [5.74, 6) is -0.704. The highest BCUT2D eigenvalue weighted by atomic mass is 35.5. The molecule has 0 saturated heterocycles. The summed E-state index contributed by atoms with van der Waals surface area (Å²) in [6, 6.07) is 16.8. The molecule has 1 heterocycles. The smallest absolute Gasteiger partial charge is 0.415 e. The van der Waals surface area contributed by atoms with Gasteiger partial charge in [0, 0.05) is 5.02 Å². The Labute approximate surface area is 160 Å². The van der Waals surface area contributed by atoms with Gasteiger partial charge in [0.2, 0.25) is 0 Å². The van der Waals surface area contributed by atoms with E-state index in [1.807, 2.05) is 30.3 Å². The topological polar surface area (TPSA) is 80.0 Å². The summed E-state index contributed by atoms with van der Waals surface area (Å²) in [4.78, 5) is 25.5. The zero-order valence-corrected chi connectivity index (χ0v) is 14.9. The molecular formula is C20H16ClNO5. The maximum absolute atomic E-state index is 12.8. The van der Waals surface area contributed by atoms with Crippen molar-refractivity contribution in [2.75, 3.05) is 4.90 Å². The Morgan fingerprint density at radius 2 is 1.85 bits per heavy atom. The third-order valence-corrected chi connectivity index (χ3v) is 4.04. The number of carbonyl (C=O) groups is 2. The lowest BCUT2D eigenvalue weighted by Gasteiger charge is -2.23. The zero-order chi connectivity index (χ0) is 19.2. The maximum Gasteiger partial charge on any atom is 0.415 e. The number of benzene rings is 2. The van der Waals surface area contributed by atoms with Crippen molar-refractivity contribution in [2.45, 2.75) is 13.2 Å². The molecule has 0 fully saturated rings. The van der Waals surface area contributed by atoms with Crippen molar-refractivity contribution < 1.29 is 23.8 Å². The van der Waals surface area contributed by atoms with Gasteiger partial charge in [-0.2, -0.15) is 0 Å². The fourth-order valence-electron chi connectivity index (χ4n) is 2.51. The first kappa shape index (κ1) is 18.5. The molecule has 1 aromatic heterocycles. The van der Waals surface area contributed by atoms with E-state index in [2.05, 4.69) is 0 Å². The van der Waals surface area contributed by atoms with E-state index in [9.17, 15) is 14.7 Å². The molecular weight excluding hydrogens is 370 g/mol. The van der Waals surface area contributed by atoms with Crippen molar-refractivity contribution >= 4 is 29.4 Å². The molecule has 1 amide bonds. The quantitative estimate of drug-likeness (QED) is 0.647. The highest BCUT2D eigenvalue weighted by Gasteiger charge is 2.24. The number of nitrogens with zero attached hydrogens (tertiary/aromatic N) is 1. The summed E-state index contributed by atoms with van der Waals surface area (Å²) in [6.45, 7) is 0.0541. The summed E-state index contributed by atoms with van der Waals surface area (Å²) in [5.41, 5.74) is 0.875. The number of hydrogen-bond acceptors (Lipinski definition) is 4. The Balaban J connectivity index is 1.90. The number of carbonyl (C=O) groups excluding carboxylic acids is 1. The van der Waals surface area contributed by atoms with Gasteiger partial charge in [-0.1, -0.05) is 41.9 Å². The average molecular weight is 386 g/mol. The van der Waals surface area contributed by atoms with Gasteiger partial charge in [-0.3, -0.25) is 4.90 Å². The molecule has 0 radical (unpaired) electrons. The molecule has 0 atom stereocenters. The number of furan rings is 1. The van der Waals surface area contributed by atoms with E-state index in [0.29, 0.717) is 10.8 Å². The summed E-state index contributed by atoms with van der Waals surface area (Å²) in [5, 5.41) is 9.78. The number of hydrogen-bond donors (Lipinski definition) is 1. The van der Waals surface area contributed by atoms with E-state index in [0.717, 1.165) is 5.56 Å². The third-order valence-electron chi connectivity index (χ3n) is 3.80. The largest absolute Gasteiger partial charge is 0.478 e. The van der Waals surface area contributed by atoms with Crippen LogP contribution in [0.2, 0.25) is 5.02 Å². The lowest BCUT2D eigenvalue weighted by atomic mass is 10.1. The molecule has 138 valence electrons. The van der Waals surface area contributed by atoms with Crippen LogP contribution in [-0.4, -0.2) is 17.2 Å². The lowest BCUT2D eigenvalue weighted by molar-refractivity contribution is 0.0697. The minimum absolute atomic E-state index is 0.00124. The van der Waals surface area contributed by atoms with Crippen LogP contribution >= 0.6 is 11.6 Å². The average Bonchev–Trinajstić information content (AvgIpc) is 3.18. The van der Waals surface area contributed by atoms with Crippen LogP contribution < -0.4 is 4.90 Å². The molecule has 0 aliphatic heterocycles. The Kier molecular flexibility index (Phi) is 5.78. The highest BCUT2D eigenvalue weighted by molar-refractivity contribution is 6.31. The summed E-state index contributed by atoms with van der Waals surface area (Å²) >= 11 is 6.03. The first-order valence-corrected chi connectivity index (χ1v) is 8.46. The monoisotopic (exact) mass is 385 g/mol. The fourth-order valence-corrected chi connectivity index (χ4v) is 2.68. The minimum atomic E-state index is -1.18. The van der Waals surface area contributed by atoms with Crippen LogP contribution in [0.5, 0.6) is 0 Å². The summed E-state index contributed by atoms with van der Waals surface area (Å²) in [6.07, 6.45) is 0.763. The molecule has 1 N–H and O–H groups in total. The van der Waals surface area contributed by atoms with Crippen LogP contribution in [0.1, 0.15) is 21.7 Å². The number of carboxylic acids is 1. The Morgan fingerprint density at radius 3 is 2.52 bits per heavy atom. The van der Waals surface area contributed by atoms with Crippen molar-refractivity contribution in [1.82, 2.24) is 0 Å². The second-order valence-corrected chi connectivity index (χ2v) is 6.11. The molecule has 27 heavy (non-hydrogen) atoms. The molecule has 3 rings (SSSR count). The van der Waals surface area contributed by atoms with Crippen LogP contribution in [0.4, 0.5) is 10.5 Å². The molecule has 0 saturated carbocycles. The van der Waals surface area contributed by atoms with E-state index in [1.165, 1.54) is 29.4 Å². The maximum atomic E-state index is 12.8. The van der Waals surface area contributed by atoms with Gasteiger partial charge in [-0.05, 0) is 35.9 Å². The second kappa shape index (κ2) is 8.42. The number of ether oxygens (including phenoxy) is 1. The molecule has 0 unspecified atom stereocenters. The van der Waals surface area contributed by atoms with E-state index >= 15 is 0 Å². The van der Waals surface area contributed by atoms with Crippen molar-refractivity contribution in [3.63, 3.8) is 0 Å². The van der Waals surface area contributed by atoms with Gasteiger partial charge in [0.15, 0.2) is 0 Å². The number of halogens is 1. The van der Waals surface area contributed by atoms with Gasteiger partial charge in [-0.25, -0.2) is 9.59 Å². The molecule has 7 heteroatoms. The molecule has 0 aliphatic carbocycles. The number of aromatic carboxylic acids is 1. The van der Waals surface area contributed by atoms with Gasteiger partial charge in [0.25, 0.3) is 0 Å². The second-order valence-electron chi connectivity index (χ2n) is 5.67. The van der Waals surface area contributed by atoms with E-state index in [1.54, 1.807) is 12.1 Å². The first-order valence-electron chi connectivity index (χ1n) is 8.08. The normalized spacial score (nSPS) is 10.4. The van der Waals surface area contributed by atoms with Crippen molar-refractivity contribution in [2.24, 2.45) is 0 Å². The molecule has 6 nitrogen and oxygen atoms in total. The van der Waals surface area contributed by atoms with Gasteiger partial charge >= 0.3 is 12.1 Å². The SMILES string of the molecule is O=C(O)c1ccc(Cl)cc1N(Cc1ccco1)C(=O)OCc1ccccc1. The number of rotatable bonds is 6. The van der Waals surface area contributed by atoms with Crippen LogP contribution in [-0.2, 0) is 17.9 Å². The number of amides is 1. The van der Waals surface area contributed by atoms with Crippen molar-refractivity contribution in [3.8, 4) is 0 Å². The van der Waals surface area contributed by atoms with Gasteiger partial charge in [-0.15, -0.1) is 0 Å². The summed E-state index contributed by atoms with van der Waals surface area (Å²) in [7, 11) is 0. The third kappa shape index (κ3) is 4.68. The predicted octanol–water partition coefficient (Wildman–Crippen LogP) is 4.97. The van der Waals surface area contributed by atoms with Gasteiger partial charge in [0.1, 0.15) is 12.4 Å². The zero-order valence-electron chi connectivity index (χ0n) is 14.2. The Morgan fingerprint density at radius 1 is 1.07 bits per heavy atom. The lowest BCUT2D eigenvalue weighted by Crippen LogP contribution is -2.32. The van der Waals surface area contributed by atoms with Crippen LogP contribution in [0.25, 0.3) is 0 Å². The molecule has 0 bridgehead atoms. The van der Waals surface area contributed by atoms with E-state index in [4.69, 9.17) is 20.8 Å². The van der Waals surface area contributed by atoms with Gasteiger partial charge < -0.3 is 14.3 Å². The van der Waals surface area contributed by atoms with Gasteiger partial charge in [0.05, 0.1) is 24.1 Å². The predicted molar refractivity (Wildman–Crippen MR) is 99.9 cm³/mol. The summed E-state index contributed by atoms with van der Waals surface area (Å²) < 4.78 is 10.7. The van der Waals surface area contributed by atoms with Crippen LogP contribution in [0.15, 0.2) is 71.3 Å². The molecule has 3 aromatic rings. The first-order chi connectivity index (χ1) is 13.0. The molecule has 0 spiro atoms. The van der Waals surface area contributed by atoms with Crippen LogP contribution in [0, 0.1) is 0 Å².